The van der Waals surface area contributed by atoms with Gasteiger partial charge in [0, 0.05) is 0 Å². The summed E-state index contributed by atoms with van der Waals surface area (Å²) in [6.45, 7) is 4.76. The molecule has 84 valence electrons. The molecule has 0 aromatic heterocycles. The summed E-state index contributed by atoms with van der Waals surface area (Å²) < 4.78 is 1.34. The number of rotatable bonds is 9. The van der Waals surface area contributed by atoms with Crippen molar-refractivity contribution in [1.82, 2.24) is 0 Å². The van der Waals surface area contributed by atoms with E-state index in [1.54, 1.807) is 0 Å². The summed E-state index contributed by atoms with van der Waals surface area (Å²) in [7, 11) is 0. The maximum absolute atomic E-state index is 9.14. The van der Waals surface area contributed by atoms with E-state index < -0.39 is 0 Å². The first-order chi connectivity index (χ1) is 6.85. The Hall–Kier alpha value is 0.739. The summed E-state index contributed by atoms with van der Waals surface area (Å²) in [6, 6.07) is 0. The maximum atomic E-state index is 9.14. The number of aliphatic hydroxyl groups is 1. The summed E-state index contributed by atoms with van der Waals surface area (Å²) in [5.41, 5.74) is 0. The molecule has 3 heteroatoms. The van der Waals surface area contributed by atoms with Crippen molar-refractivity contribution in [3.05, 3.63) is 9.45 Å². The van der Waals surface area contributed by atoms with Crippen molar-refractivity contribution >= 4 is 29.9 Å². The molecule has 0 aromatic carbocycles. The molecule has 0 bridgehead atoms. The van der Waals surface area contributed by atoms with Crippen LogP contribution in [0.15, 0.2) is 9.45 Å². The van der Waals surface area contributed by atoms with Gasteiger partial charge in [-0.3, -0.25) is 0 Å². The van der Waals surface area contributed by atoms with Crippen LogP contribution in [-0.2, 0) is 0 Å². The zero-order valence-corrected chi connectivity index (χ0v) is 12.7. The van der Waals surface area contributed by atoms with Crippen LogP contribution in [-0.4, -0.2) is 41.6 Å². The van der Waals surface area contributed by atoms with Gasteiger partial charge in [-0.1, -0.05) is 0 Å². The fourth-order valence-electron chi connectivity index (χ4n) is 0.844. The minimum absolute atomic E-state index is 0.303. The molecule has 0 fully saturated rings. The van der Waals surface area contributed by atoms with E-state index in [0.717, 1.165) is 0 Å². The molecule has 0 aliphatic heterocycles. The van der Waals surface area contributed by atoms with Crippen LogP contribution in [0, 0.1) is 0 Å². The molecule has 0 aliphatic carbocycles. The molecule has 0 saturated heterocycles. The molecule has 0 radical (unpaired) electrons. The van der Waals surface area contributed by atoms with Gasteiger partial charge in [0.05, 0.1) is 0 Å². The Labute approximate surface area is 101 Å². The van der Waals surface area contributed by atoms with Crippen molar-refractivity contribution in [2.24, 2.45) is 0 Å². The normalized spacial score (nSPS) is 12.1. The van der Waals surface area contributed by atoms with Crippen LogP contribution in [0.5, 0.6) is 0 Å². The Morgan fingerprint density at radius 3 is 2.36 bits per heavy atom. The summed E-state index contributed by atoms with van der Waals surface area (Å²) in [6.07, 6.45) is 5.24. The van der Waals surface area contributed by atoms with Crippen molar-refractivity contribution in [2.45, 2.75) is 50.2 Å². The molecule has 0 unspecified atom stereocenters. The second-order valence-electron chi connectivity index (χ2n) is 3.17. The van der Waals surface area contributed by atoms with Crippen molar-refractivity contribution in [3.8, 4) is 0 Å². The van der Waals surface area contributed by atoms with Gasteiger partial charge in [0.15, 0.2) is 0 Å². The van der Waals surface area contributed by atoms with Gasteiger partial charge in [-0.05, 0) is 0 Å². The zero-order chi connectivity index (χ0) is 10.6. The van der Waals surface area contributed by atoms with E-state index in [1.807, 2.05) is 0 Å². The molecule has 0 amide bonds. The number of hydrogen-bond acceptors (Lipinski definition) is 1. The Balaban J connectivity index is 3.53. The summed E-state index contributed by atoms with van der Waals surface area (Å²) in [4.78, 5) is 2.33. The third-order valence-electron chi connectivity index (χ3n) is 1.77. The number of unbranched alkanes of at least 4 members (excludes halogenated alkanes) is 2. The Kier molecular flexibility index (Phi) is 12.4. The first-order valence-electron chi connectivity index (χ1n) is 5.39. The van der Waals surface area contributed by atoms with Crippen molar-refractivity contribution < 1.29 is 5.11 Å². The first kappa shape index (κ1) is 14.7. The van der Waals surface area contributed by atoms with Crippen molar-refractivity contribution in [2.75, 3.05) is 6.61 Å². The van der Waals surface area contributed by atoms with Crippen LogP contribution in [0.25, 0.3) is 0 Å². The second-order valence-corrected chi connectivity index (χ2v) is 7.78. The minimum atomic E-state index is 0.303. The van der Waals surface area contributed by atoms with Gasteiger partial charge in [0.25, 0.3) is 0 Å². The fraction of sp³-hybridized carbons (Fsp3) is 0.818. The van der Waals surface area contributed by atoms with Crippen LogP contribution < -0.4 is 0 Å². The quantitative estimate of drug-likeness (QED) is 0.510. The topological polar surface area (TPSA) is 20.2 Å². The van der Waals surface area contributed by atoms with Crippen molar-refractivity contribution in [3.63, 3.8) is 0 Å². The monoisotopic (exact) mass is 330 g/mol. The third-order valence-corrected chi connectivity index (χ3v) is 6.90. The molecule has 0 aromatic rings. The summed E-state index contributed by atoms with van der Waals surface area (Å²) >= 11 is 1.21. The van der Waals surface area contributed by atoms with E-state index in [2.05, 4.69) is 18.8 Å². The first-order valence-corrected chi connectivity index (χ1v) is 9.66. The fourth-order valence-corrected chi connectivity index (χ4v) is 5.87. The molecule has 14 heavy (non-hydrogen) atoms. The molecular weight excluding hydrogens is 306 g/mol. The van der Waals surface area contributed by atoms with Crippen molar-refractivity contribution in [1.29, 1.82) is 0 Å². The van der Waals surface area contributed by atoms with Gasteiger partial charge in [0.1, 0.15) is 0 Å². The number of hydrogen-bond donors (Lipinski definition) is 1. The van der Waals surface area contributed by atoms with Gasteiger partial charge in [-0.25, -0.2) is 0 Å². The molecular formula is C11H22OSe2. The molecule has 0 spiro atoms. The standard InChI is InChI=1S/C11H22OSe2/c1-3-5-7-13-10-11(9-12)14-8-6-4-2/h10,12H,3-9H2,1-2H3/b11-10+. The molecule has 1 nitrogen and oxygen atoms in total. The van der Waals surface area contributed by atoms with E-state index in [4.69, 9.17) is 5.11 Å². The van der Waals surface area contributed by atoms with Crippen LogP contribution in [0.1, 0.15) is 39.5 Å². The van der Waals surface area contributed by atoms with Crippen LogP contribution in [0.2, 0.25) is 10.6 Å². The summed E-state index contributed by atoms with van der Waals surface area (Å²) in [5.74, 6) is 0. The average Bonchev–Trinajstić information content (AvgIpc) is 2.22. The van der Waals surface area contributed by atoms with Crippen LogP contribution >= 0.6 is 0 Å². The van der Waals surface area contributed by atoms with Gasteiger partial charge < -0.3 is 0 Å². The molecule has 0 atom stereocenters. The predicted molar refractivity (Wildman–Crippen MR) is 66.1 cm³/mol. The Bertz CT molecular complexity index is 146. The van der Waals surface area contributed by atoms with E-state index >= 15 is 0 Å². The zero-order valence-electron chi connectivity index (χ0n) is 9.29. The average molecular weight is 328 g/mol. The van der Waals surface area contributed by atoms with E-state index in [-0.39, 0.29) is 0 Å². The van der Waals surface area contributed by atoms with E-state index in [0.29, 0.717) is 36.5 Å². The Morgan fingerprint density at radius 1 is 1.14 bits per heavy atom. The molecule has 0 aliphatic rings. The van der Waals surface area contributed by atoms with Gasteiger partial charge in [-0.15, -0.1) is 0 Å². The molecule has 0 rings (SSSR count). The predicted octanol–water partition coefficient (Wildman–Crippen LogP) is 2.67. The number of aliphatic hydroxyl groups excluding tert-OH is 1. The van der Waals surface area contributed by atoms with Crippen LogP contribution in [0.3, 0.4) is 0 Å². The molecule has 1 N–H and O–H groups in total. The summed E-state index contributed by atoms with van der Waals surface area (Å²) in [5, 5.41) is 11.8. The van der Waals surface area contributed by atoms with E-state index in [9.17, 15) is 0 Å². The molecule has 0 saturated carbocycles. The SMILES string of the molecule is CCCC[Se]/C=C(\CO)[Se]CCCC. The van der Waals surface area contributed by atoms with Gasteiger partial charge in [0.2, 0.25) is 0 Å². The third kappa shape index (κ3) is 9.30. The molecule has 0 heterocycles. The van der Waals surface area contributed by atoms with E-state index in [1.165, 1.54) is 40.8 Å². The van der Waals surface area contributed by atoms with Gasteiger partial charge >= 0.3 is 101 Å². The van der Waals surface area contributed by atoms with Gasteiger partial charge in [-0.2, -0.15) is 0 Å². The second kappa shape index (κ2) is 11.8. The van der Waals surface area contributed by atoms with Crippen LogP contribution in [0.4, 0.5) is 0 Å². The Morgan fingerprint density at radius 2 is 1.79 bits per heavy atom.